The van der Waals surface area contributed by atoms with Crippen molar-refractivity contribution in [3.8, 4) is 5.75 Å². The highest BCUT2D eigenvalue weighted by Gasteiger charge is 2.12. The van der Waals surface area contributed by atoms with Crippen LogP contribution in [-0.4, -0.2) is 18.1 Å². The van der Waals surface area contributed by atoms with Gasteiger partial charge < -0.3 is 15.8 Å². The van der Waals surface area contributed by atoms with Crippen LogP contribution in [0.2, 0.25) is 0 Å². The first kappa shape index (κ1) is 12.4. The van der Waals surface area contributed by atoms with E-state index in [9.17, 15) is 18.1 Å². The monoisotopic (exact) mass is 241 g/mol. The Bertz CT molecular complexity index is 622. The van der Waals surface area contributed by atoms with E-state index in [1.807, 2.05) is 0 Å². The standard InChI is InChI=1S/C10H8O4S.H3N/c11-9-6-5-7-3-1-2-4-8(7)10(9)15(12,13)14;/h1-6,11H,(H,12,13,14);1H3. The van der Waals surface area contributed by atoms with Crippen molar-refractivity contribution in [2.24, 2.45) is 0 Å². The summed E-state index contributed by atoms with van der Waals surface area (Å²) < 4.78 is 32.9. The van der Waals surface area contributed by atoms with Crippen molar-refractivity contribution in [2.75, 3.05) is 0 Å². The molecule has 0 spiro atoms. The van der Waals surface area contributed by atoms with Gasteiger partial charge in [0.15, 0.2) is 0 Å². The summed E-state index contributed by atoms with van der Waals surface area (Å²) in [6.07, 6.45) is 0. The van der Waals surface area contributed by atoms with Gasteiger partial charge in [-0.2, -0.15) is 0 Å². The van der Waals surface area contributed by atoms with Gasteiger partial charge in [0.05, 0.1) is 0 Å². The highest BCUT2D eigenvalue weighted by Crippen LogP contribution is 2.30. The van der Waals surface area contributed by atoms with Crippen molar-refractivity contribution in [1.82, 2.24) is 6.15 Å². The van der Waals surface area contributed by atoms with Crippen LogP contribution >= 0.6 is 0 Å². The Labute approximate surface area is 92.7 Å². The van der Waals surface area contributed by atoms with Crippen LogP contribution in [0.15, 0.2) is 41.3 Å². The average Bonchev–Trinajstić information content (AvgIpc) is 2.15. The van der Waals surface area contributed by atoms with Crippen LogP contribution in [0.1, 0.15) is 0 Å². The maximum atomic E-state index is 11.0. The Morgan fingerprint density at radius 3 is 2.31 bits per heavy atom. The third-order valence-electron chi connectivity index (χ3n) is 2.11. The van der Waals surface area contributed by atoms with Gasteiger partial charge in [-0.05, 0) is 11.5 Å². The van der Waals surface area contributed by atoms with Crippen LogP contribution in [0.4, 0.5) is 0 Å². The lowest BCUT2D eigenvalue weighted by Gasteiger charge is -2.12. The van der Waals surface area contributed by atoms with Crippen molar-refractivity contribution in [1.29, 1.82) is 0 Å². The quantitative estimate of drug-likeness (QED) is 0.741. The first-order chi connectivity index (χ1) is 7.00. The van der Waals surface area contributed by atoms with E-state index in [2.05, 4.69) is 0 Å². The fourth-order valence-corrected chi connectivity index (χ4v) is 2.27. The molecule has 6 heteroatoms. The molecule has 5 nitrogen and oxygen atoms in total. The predicted molar refractivity (Wildman–Crippen MR) is 59.6 cm³/mol. The van der Waals surface area contributed by atoms with Crippen LogP contribution in [-0.2, 0) is 10.1 Å². The molecule has 0 amide bonds. The fraction of sp³-hybridized carbons (Fsp3) is 0. The molecule has 0 atom stereocenters. The van der Waals surface area contributed by atoms with E-state index < -0.39 is 20.8 Å². The summed E-state index contributed by atoms with van der Waals surface area (Å²) in [6, 6.07) is 9.24. The number of rotatable bonds is 1. The molecule has 2 rings (SSSR count). The lowest BCUT2D eigenvalue weighted by atomic mass is 10.1. The molecule has 0 aromatic heterocycles. The zero-order valence-electron chi connectivity index (χ0n) is 8.54. The van der Waals surface area contributed by atoms with Crippen molar-refractivity contribution < 1.29 is 18.1 Å². The number of hydrogen-bond acceptors (Lipinski definition) is 4. The minimum Gasteiger partial charge on any atom is -0.744 e. The van der Waals surface area contributed by atoms with Gasteiger partial charge in [0.25, 0.3) is 0 Å². The summed E-state index contributed by atoms with van der Waals surface area (Å²) >= 11 is 0. The lowest BCUT2D eigenvalue weighted by Crippen LogP contribution is -2.00. The maximum absolute atomic E-state index is 11.0. The Kier molecular flexibility index (Phi) is 3.18. The van der Waals surface area contributed by atoms with E-state index >= 15 is 0 Å². The highest BCUT2D eigenvalue weighted by molar-refractivity contribution is 7.86. The van der Waals surface area contributed by atoms with E-state index in [0.717, 1.165) is 0 Å². The smallest absolute Gasteiger partial charge is 0.133 e. The second kappa shape index (κ2) is 4.09. The molecule has 0 aliphatic carbocycles. The molecule has 0 saturated carbocycles. The minimum atomic E-state index is -4.66. The molecule has 0 fully saturated rings. The second-order valence-electron chi connectivity index (χ2n) is 3.09. The number of phenolic OH excluding ortho intramolecular Hbond substituents is 1. The number of quaternary nitrogens is 1. The Balaban J connectivity index is 0.00000128. The largest absolute Gasteiger partial charge is 0.744 e. The number of aromatic hydroxyl groups is 1. The molecule has 0 aliphatic heterocycles. The number of benzene rings is 2. The molecule has 2 aromatic rings. The van der Waals surface area contributed by atoms with Crippen molar-refractivity contribution in [3.63, 3.8) is 0 Å². The first-order valence-electron chi connectivity index (χ1n) is 4.17. The third kappa shape index (κ3) is 1.99. The van der Waals surface area contributed by atoms with E-state index in [0.29, 0.717) is 5.39 Å². The highest BCUT2D eigenvalue weighted by atomic mass is 32.2. The van der Waals surface area contributed by atoms with Crippen LogP contribution in [0.5, 0.6) is 5.75 Å². The molecule has 0 saturated heterocycles. The van der Waals surface area contributed by atoms with Gasteiger partial charge in [-0.1, -0.05) is 30.3 Å². The normalized spacial score (nSPS) is 11.1. The summed E-state index contributed by atoms with van der Waals surface area (Å²) in [7, 11) is -4.66. The molecule has 0 radical (unpaired) electrons. The van der Waals surface area contributed by atoms with Gasteiger partial charge in [0.1, 0.15) is 20.8 Å². The lowest BCUT2D eigenvalue weighted by molar-refractivity contribution is 0.437. The first-order valence-corrected chi connectivity index (χ1v) is 5.57. The Morgan fingerprint density at radius 1 is 1.06 bits per heavy atom. The van der Waals surface area contributed by atoms with Gasteiger partial charge in [0.2, 0.25) is 0 Å². The van der Waals surface area contributed by atoms with Gasteiger partial charge in [-0.15, -0.1) is 0 Å². The molecule has 16 heavy (non-hydrogen) atoms. The maximum Gasteiger partial charge on any atom is 0.133 e. The summed E-state index contributed by atoms with van der Waals surface area (Å²) in [5.41, 5.74) is 0. The van der Waals surface area contributed by atoms with E-state index in [1.54, 1.807) is 24.3 Å². The van der Waals surface area contributed by atoms with Crippen molar-refractivity contribution in [3.05, 3.63) is 36.4 Å². The zero-order chi connectivity index (χ0) is 11.1. The molecular weight excluding hydrogens is 230 g/mol. The Hall–Kier alpha value is -1.63. The minimum absolute atomic E-state index is 0. The predicted octanol–water partition coefficient (Wildman–Crippen LogP) is 1.83. The third-order valence-corrected chi connectivity index (χ3v) is 3.04. The zero-order valence-corrected chi connectivity index (χ0v) is 9.36. The average molecular weight is 241 g/mol. The van der Waals surface area contributed by atoms with Crippen LogP contribution in [0.25, 0.3) is 10.8 Å². The van der Waals surface area contributed by atoms with Crippen molar-refractivity contribution in [2.45, 2.75) is 4.90 Å². The van der Waals surface area contributed by atoms with Gasteiger partial charge >= 0.3 is 0 Å². The summed E-state index contributed by atoms with van der Waals surface area (Å²) in [4.78, 5) is -0.555. The van der Waals surface area contributed by atoms with Gasteiger partial charge in [-0.25, -0.2) is 8.42 Å². The number of fused-ring (bicyclic) bond motifs is 1. The SMILES string of the molecule is O=S(=O)([O-])c1c(O)ccc2ccccc12.[NH4+]. The van der Waals surface area contributed by atoms with E-state index in [4.69, 9.17) is 0 Å². The van der Waals surface area contributed by atoms with Crippen molar-refractivity contribution >= 4 is 20.9 Å². The van der Waals surface area contributed by atoms with Crippen LogP contribution in [0, 0.1) is 0 Å². The van der Waals surface area contributed by atoms with E-state index in [1.165, 1.54) is 12.1 Å². The molecule has 2 aromatic carbocycles. The molecular formula is C10H11NO4S. The summed E-state index contributed by atoms with van der Waals surface area (Å²) in [5, 5.41) is 10.2. The molecule has 0 heterocycles. The summed E-state index contributed by atoms with van der Waals surface area (Å²) in [5.74, 6) is -0.510. The van der Waals surface area contributed by atoms with Crippen LogP contribution < -0.4 is 6.15 Å². The molecule has 0 bridgehead atoms. The Morgan fingerprint density at radius 2 is 1.69 bits per heavy atom. The summed E-state index contributed by atoms with van der Waals surface area (Å²) in [6.45, 7) is 0. The fourth-order valence-electron chi connectivity index (χ4n) is 1.49. The number of phenols is 1. The van der Waals surface area contributed by atoms with Crippen LogP contribution in [0.3, 0.4) is 0 Å². The van der Waals surface area contributed by atoms with Gasteiger partial charge in [0, 0.05) is 5.39 Å². The van der Waals surface area contributed by atoms with E-state index in [-0.39, 0.29) is 11.5 Å². The second-order valence-corrected chi connectivity index (χ2v) is 4.41. The molecule has 0 aliphatic rings. The molecule has 86 valence electrons. The van der Waals surface area contributed by atoms with Gasteiger partial charge in [-0.3, -0.25) is 0 Å². The molecule has 5 N–H and O–H groups in total. The topological polar surface area (TPSA) is 114 Å². The molecule has 0 unspecified atom stereocenters. The number of hydrogen-bond donors (Lipinski definition) is 2.